The van der Waals surface area contributed by atoms with Crippen molar-refractivity contribution < 1.29 is 35.1 Å². The molecule has 77 valence electrons. The number of alkyl halides is 3. The average molecular weight is 230 g/mol. The molecule has 12 heavy (non-hydrogen) atoms. The second kappa shape index (κ2) is 5.79. The van der Waals surface area contributed by atoms with E-state index in [9.17, 15) is 13.2 Å². The summed E-state index contributed by atoms with van der Waals surface area (Å²) in [6, 6.07) is 0. The topological polar surface area (TPSA) is 23.5 Å². The van der Waals surface area contributed by atoms with Crippen molar-refractivity contribution in [3.63, 3.8) is 0 Å². The molecule has 0 fully saturated rings. The van der Waals surface area contributed by atoms with Crippen LogP contribution in [0.4, 0.5) is 13.2 Å². The second-order valence-electron chi connectivity index (χ2n) is 2.74. The zero-order chi connectivity index (χ0) is 9.07. The molecule has 0 saturated carbocycles. The molecule has 1 unspecified atom stereocenters. The Balaban J connectivity index is 0. The van der Waals surface area contributed by atoms with Crippen LogP contribution in [0, 0.1) is 0 Å². The molecule has 0 aromatic carbocycles. The van der Waals surface area contributed by atoms with E-state index >= 15 is 0 Å². The van der Waals surface area contributed by atoms with E-state index in [2.05, 4.69) is 0 Å². The molecule has 0 aliphatic rings. The average Bonchev–Trinajstić information content (AvgIpc) is 1.53. The van der Waals surface area contributed by atoms with Crippen molar-refractivity contribution in [1.29, 1.82) is 0 Å². The van der Waals surface area contributed by atoms with Gasteiger partial charge in [-0.05, 0) is 14.1 Å². The third kappa shape index (κ3) is 10.2. The van der Waals surface area contributed by atoms with Crippen LogP contribution in [0.1, 0.15) is 6.42 Å². The van der Waals surface area contributed by atoms with Gasteiger partial charge in [0.2, 0.25) is 0 Å². The van der Waals surface area contributed by atoms with E-state index in [0.29, 0.717) is 0 Å². The summed E-state index contributed by atoms with van der Waals surface area (Å²) in [6.45, 7) is 0.0412. The van der Waals surface area contributed by atoms with Crippen LogP contribution >= 0.6 is 0 Å². The third-order valence-electron chi connectivity index (χ3n) is 1.04. The van der Waals surface area contributed by atoms with Gasteiger partial charge in [-0.3, -0.25) is 0 Å². The summed E-state index contributed by atoms with van der Waals surface area (Å²) in [5, 5.41) is 8.79. The normalized spacial score (nSPS) is 14.2. The summed E-state index contributed by atoms with van der Waals surface area (Å²) < 4.78 is 34.7. The zero-order valence-electron chi connectivity index (χ0n) is 6.85. The van der Waals surface area contributed by atoms with Crippen LogP contribution in [0.5, 0.6) is 0 Å². The summed E-state index contributed by atoms with van der Waals surface area (Å²) in [5.41, 5.74) is 0. The van der Waals surface area contributed by atoms with Crippen molar-refractivity contribution in [1.82, 2.24) is 4.90 Å². The van der Waals surface area contributed by atoms with E-state index in [1.165, 1.54) is 4.90 Å². The van der Waals surface area contributed by atoms with Gasteiger partial charge in [0.1, 0.15) is 0 Å². The number of aliphatic hydroxyl groups is 1. The summed E-state index contributed by atoms with van der Waals surface area (Å²) in [4.78, 5) is 1.51. The number of halogens is 3. The van der Waals surface area contributed by atoms with Gasteiger partial charge in [0.25, 0.3) is 0 Å². The molecule has 0 aliphatic heterocycles. The number of aliphatic hydroxyl groups excluding tert-OH is 1. The Morgan fingerprint density at radius 2 is 1.75 bits per heavy atom. The molecule has 1 atom stereocenters. The number of nitrogens with zero attached hydrogens (tertiary/aromatic N) is 1. The van der Waals surface area contributed by atoms with Crippen LogP contribution in [0.2, 0.25) is 0 Å². The predicted octanol–water partition coefficient (Wildman–Crippen LogP) is 0.859. The van der Waals surface area contributed by atoms with Crippen molar-refractivity contribution >= 4 is 0 Å². The number of hydrogen-bond acceptors (Lipinski definition) is 2. The SMILES string of the molecule is CN(C)CC(O)CC(F)(F)F.[Co]. The molecular weight excluding hydrogens is 218 g/mol. The molecule has 0 amide bonds. The molecule has 6 heteroatoms. The molecule has 0 rings (SSSR count). The fraction of sp³-hybridized carbons (Fsp3) is 1.00. The Hall–Kier alpha value is 0.216. The van der Waals surface area contributed by atoms with Gasteiger partial charge < -0.3 is 10.0 Å². The fourth-order valence-corrected chi connectivity index (χ4v) is 0.753. The molecule has 1 radical (unpaired) electrons. The first-order valence-electron chi connectivity index (χ1n) is 3.21. The summed E-state index contributed by atoms with van der Waals surface area (Å²) in [6.07, 6.45) is -6.72. The maximum atomic E-state index is 11.6. The van der Waals surface area contributed by atoms with Crippen LogP contribution < -0.4 is 0 Å². The molecule has 0 bridgehead atoms. The molecule has 1 N–H and O–H groups in total. The van der Waals surface area contributed by atoms with Crippen LogP contribution in [0.15, 0.2) is 0 Å². The molecule has 0 aromatic rings. The Morgan fingerprint density at radius 1 is 1.33 bits per heavy atom. The minimum atomic E-state index is -4.27. The summed E-state index contributed by atoms with van der Waals surface area (Å²) in [5.74, 6) is 0. The minimum absolute atomic E-state index is 0. The van der Waals surface area contributed by atoms with Crippen LogP contribution in [0.25, 0.3) is 0 Å². The van der Waals surface area contributed by atoms with Crippen molar-refractivity contribution in [3.8, 4) is 0 Å². The van der Waals surface area contributed by atoms with Crippen LogP contribution in [0.3, 0.4) is 0 Å². The molecular formula is C6H12CoF3NO. The van der Waals surface area contributed by atoms with Gasteiger partial charge in [0, 0.05) is 23.3 Å². The number of likely N-dealkylation sites (N-methyl/N-ethyl adjacent to an activating group) is 1. The smallest absolute Gasteiger partial charge is 0.391 e. The van der Waals surface area contributed by atoms with E-state index in [4.69, 9.17) is 5.11 Å². The van der Waals surface area contributed by atoms with Crippen molar-refractivity contribution in [3.05, 3.63) is 0 Å². The Bertz CT molecular complexity index is 118. The van der Waals surface area contributed by atoms with Gasteiger partial charge in [-0.25, -0.2) is 0 Å². The minimum Gasteiger partial charge on any atom is -0.391 e. The molecule has 0 saturated heterocycles. The first-order valence-corrected chi connectivity index (χ1v) is 3.21. The standard InChI is InChI=1S/C6H12F3NO.Co/c1-10(2)4-5(11)3-6(7,8)9;/h5,11H,3-4H2,1-2H3;. The van der Waals surface area contributed by atoms with Crippen molar-refractivity contribution in [2.45, 2.75) is 18.7 Å². The van der Waals surface area contributed by atoms with Crippen molar-refractivity contribution in [2.24, 2.45) is 0 Å². The van der Waals surface area contributed by atoms with Gasteiger partial charge in [0.05, 0.1) is 12.5 Å². The molecule has 0 spiro atoms. The van der Waals surface area contributed by atoms with E-state index in [1.54, 1.807) is 14.1 Å². The van der Waals surface area contributed by atoms with Gasteiger partial charge >= 0.3 is 6.18 Å². The number of hydrogen-bond donors (Lipinski definition) is 1. The largest absolute Gasteiger partial charge is 0.391 e. The van der Waals surface area contributed by atoms with E-state index in [1.807, 2.05) is 0 Å². The summed E-state index contributed by atoms with van der Waals surface area (Å²) in [7, 11) is 3.22. The fourth-order valence-electron chi connectivity index (χ4n) is 0.753. The first kappa shape index (κ1) is 14.7. The monoisotopic (exact) mass is 230 g/mol. The summed E-state index contributed by atoms with van der Waals surface area (Å²) >= 11 is 0. The van der Waals surface area contributed by atoms with E-state index < -0.39 is 18.7 Å². The Labute approximate surface area is 79.9 Å². The Kier molecular flexibility index (Phi) is 7.11. The third-order valence-corrected chi connectivity index (χ3v) is 1.04. The zero-order valence-corrected chi connectivity index (χ0v) is 7.89. The van der Waals surface area contributed by atoms with E-state index in [-0.39, 0.29) is 23.3 Å². The molecule has 0 aromatic heterocycles. The second-order valence-corrected chi connectivity index (χ2v) is 2.74. The maximum absolute atomic E-state index is 11.6. The van der Waals surface area contributed by atoms with Crippen molar-refractivity contribution in [2.75, 3.05) is 20.6 Å². The maximum Gasteiger partial charge on any atom is 0.391 e. The molecule has 0 heterocycles. The van der Waals surface area contributed by atoms with Gasteiger partial charge in [-0.2, -0.15) is 13.2 Å². The van der Waals surface area contributed by atoms with E-state index in [0.717, 1.165) is 0 Å². The molecule has 2 nitrogen and oxygen atoms in total. The Morgan fingerprint density at radius 3 is 2.00 bits per heavy atom. The van der Waals surface area contributed by atoms with Gasteiger partial charge in [-0.1, -0.05) is 0 Å². The first-order chi connectivity index (χ1) is 4.81. The predicted molar refractivity (Wildman–Crippen MR) is 35.2 cm³/mol. The molecule has 0 aliphatic carbocycles. The van der Waals surface area contributed by atoms with Crippen LogP contribution in [-0.4, -0.2) is 42.9 Å². The van der Waals surface area contributed by atoms with Crippen LogP contribution in [-0.2, 0) is 16.8 Å². The number of rotatable bonds is 3. The van der Waals surface area contributed by atoms with Gasteiger partial charge in [-0.15, -0.1) is 0 Å². The van der Waals surface area contributed by atoms with Gasteiger partial charge in [0.15, 0.2) is 0 Å². The quantitative estimate of drug-likeness (QED) is 0.777.